The van der Waals surface area contributed by atoms with E-state index in [4.69, 9.17) is 4.74 Å². The number of amides is 1. The van der Waals surface area contributed by atoms with Crippen molar-refractivity contribution in [2.24, 2.45) is 0 Å². The van der Waals surface area contributed by atoms with Gasteiger partial charge in [-0.05, 0) is 11.6 Å². The minimum atomic E-state index is -0.503. The van der Waals surface area contributed by atoms with Crippen molar-refractivity contribution < 1.29 is 13.9 Å². The highest BCUT2D eigenvalue weighted by Gasteiger charge is 2.00. The lowest BCUT2D eigenvalue weighted by atomic mass is 10.2. The number of nitrogens with one attached hydrogen (secondary N) is 1. The lowest BCUT2D eigenvalue weighted by Crippen LogP contribution is -2.24. The van der Waals surface area contributed by atoms with Gasteiger partial charge in [-0.15, -0.1) is 0 Å². The monoisotopic (exact) mass is 285 g/mol. The molecule has 0 unspecified atom stereocenters. The van der Waals surface area contributed by atoms with Crippen LogP contribution in [0.4, 0.5) is 9.18 Å². The normalized spacial score (nSPS) is 10.5. The average Bonchev–Trinajstić information content (AvgIpc) is 2.52. The van der Waals surface area contributed by atoms with Crippen LogP contribution in [0.3, 0.4) is 0 Å². The molecule has 0 aliphatic heterocycles. The molecular weight excluding hydrogens is 269 g/mol. The summed E-state index contributed by atoms with van der Waals surface area (Å²) >= 11 is 0. The van der Waals surface area contributed by atoms with Gasteiger partial charge in [0.1, 0.15) is 12.4 Å². The van der Waals surface area contributed by atoms with Gasteiger partial charge < -0.3 is 10.1 Å². The van der Waals surface area contributed by atoms with E-state index in [0.29, 0.717) is 5.56 Å². The average molecular weight is 285 g/mol. The SMILES string of the molecule is O=C(NCC=Cc1ccccc1F)OCc1ccccc1. The Kier molecular flexibility index (Phi) is 5.52. The van der Waals surface area contributed by atoms with Crippen LogP contribution in [-0.4, -0.2) is 12.6 Å². The molecule has 0 heterocycles. The number of hydrogen-bond donors (Lipinski definition) is 1. The van der Waals surface area contributed by atoms with Crippen molar-refractivity contribution in [1.29, 1.82) is 0 Å². The van der Waals surface area contributed by atoms with Crippen LogP contribution in [-0.2, 0) is 11.3 Å². The molecule has 0 spiro atoms. The maximum atomic E-state index is 13.3. The number of halogens is 1. The quantitative estimate of drug-likeness (QED) is 0.908. The predicted octanol–water partition coefficient (Wildman–Crippen LogP) is 3.77. The molecule has 3 nitrogen and oxygen atoms in total. The zero-order valence-electron chi connectivity index (χ0n) is 11.5. The van der Waals surface area contributed by atoms with Crippen molar-refractivity contribution in [2.75, 3.05) is 6.54 Å². The fourth-order valence-electron chi connectivity index (χ4n) is 1.71. The van der Waals surface area contributed by atoms with E-state index in [9.17, 15) is 9.18 Å². The Hall–Kier alpha value is -2.62. The molecule has 0 radical (unpaired) electrons. The van der Waals surface area contributed by atoms with Gasteiger partial charge in [0, 0.05) is 12.1 Å². The van der Waals surface area contributed by atoms with Gasteiger partial charge >= 0.3 is 6.09 Å². The first kappa shape index (κ1) is 14.8. The van der Waals surface area contributed by atoms with Crippen molar-refractivity contribution in [1.82, 2.24) is 5.32 Å². The zero-order valence-corrected chi connectivity index (χ0v) is 11.5. The molecule has 0 bridgehead atoms. The highest BCUT2D eigenvalue weighted by atomic mass is 19.1. The number of benzene rings is 2. The molecular formula is C17H16FNO2. The first-order valence-electron chi connectivity index (χ1n) is 6.61. The summed E-state index contributed by atoms with van der Waals surface area (Å²) in [6, 6.07) is 15.9. The third-order valence-electron chi connectivity index (χ3n) is 2.78. The zero-order chi connectivity index (χ0) is 14.9. The minimum Gasteiger partial charge on any atom is -0.445 e. The van der Waals surface area contributed by atoms with Crippen LogP contribution in [0.25, 0.3) is 6.08 Å². The molecule has 0 saturated carbocycles. The maximum absolute atomic E-state index is 13.3. The van der Waals surface area contributed by atoms with Crippen LogP contribution in [0, 0.1) is 5.82 Å². The van der Waals surface area contributed by atoms with Gasteiger partial charge in [0.25, 0.3) is 0 Å². The molecule has 0 fully saturated rings. The first-order valence-corrected chi connectivity index (χ1v) is 6.61. The predicted molar refractivity (Wildman–Crippen MR) is 80.1 cm³/mol. The lowest BCUT2D eigenvalue weighted by Gasteiger charge is -2.05. The molecule has 2 aromatic rings. The maximum Gasteiger partial charge on any atom is 0.407 e. The molecule has 2 rings (SSSR count). The Balaban J connectivity index is 1.71. The van der Waals surface area contributed by atoms with E-state index < -0.39 is 6.09 Å². The van der Waals surface area contributed by atoms with Crippen LogP contribution in [0.2, 0.25) is 0 Å². The summed E-state index contributed by atoms with van der Waals surface area (Å²) in [5.41, 5.74) is 1.41. The molecule has 0 aliphatic carbocycles. The van der Waals surface area contributed by atoms with Gasteiger partial charge in [-0.1, -0.05) is 60.7 Å². The summed E-state index contributed by atoms with van der Waals surface area (Å²) in [7, 11) is 0. The van der Waals surface area contributed by atoms with Crippen molar-refractivity contribution in [3.8, 4) is 0 Å². The first-order chi connectivity index (χ1) is 10.3. The van der Waals surface area contributed by atoms with Gasteiger partial charge in [-0.2, -0.15) is 0 Å². The number of carbonyl (C=O) groups is 1. The van der Waals surface area contributed by atoms with E-state index in [1.807, 2.05) is 30.3 Å². The van der Waals surface area contributed by atoms with E-state index in [1.165, 1.54) is 6.07 Å². The van der Waals surface area contributed by atoms with Crippen molar-refractivity contribution in [3.63, 3.8) is 0 Å². The highest BCUT2D eigenvalue weighted by molar-refractivity contribution is 5.67. The van der Waals surface area contributed by atoms with Crippen LogP contribution in [0.15, 0.2) is 60.7 Å². The van der Waals surface area contributed by atoms with Crippen LogP contribution in [0.1, 0.15) is 11.1 Å². The molecule has 1 N–H and O–H groups in total. The third kappa shape index (κ3) is 5.10. The fraction of sp³-hybridized carbons (Fsp3) is 0.118. The van der Waals surface area contributed by atoms with Crippen LogP contribution in [0.5, 0.6) is 0 Å². The van der Waals surface area contributed by atoms with Gasteiger partial charge in [0.05, 0.1) is 0 Å². The van der Waals surface area contributed by atoms with Crippen LogP contribution < -0.4 is 5.32 Å². The fourth-order valence-corrected chi connectivity index (χ4v) is 1.71. The number of ether oxygens (including phenoxy) is 1. The molecule has 0 aliphatic rings. The van der Waals surface area contributed by atoms with Gasteiger partial charge in [0.15, 0.2) is 0 Å². The Morgan fingerprint density at radius 2 is 1.81 bits per heavy atom. The van der Waals surface area contributed by atoms with Crippen molar-refractivity contribution in [2.45, 2.75) is 6.61 Å². The molecule has 21 heavy (non-hydrogen) atoms. The van der Waals surface area contributed by atoms with Gasteiger partial charge in [-0.3, -0.25) is 0 Å². The summed E-state index contributed by atoms with van der Waals surface area (Å²) in [6.07, 6.45) is 2.78. The second kappa shape index (κ2) is 7.85. The largest absolute Gasteiger partial charge is 0.445 e. The minimum absolute atomic E-state index is 0.226. The second-order valence-electron chi connectivity index (χ2n) is 4.37. The van der Waals surface area contributed by atoms with Crippen molar-refractivity contribution >= 4 is 12.2 Å². The van der Waals surface area contributed by atoms with Gasteiger partial charge in [0.2, 0.25) is 0 Å². The second-order valence-corrected chi connectivity index (χ2v) is 4.37. The smallest absolute Gasteiger partial charge is 0.407 e. The third-order valence-corrected chi connectivity index (χ3v) is 2.78. The molecule has 0 aromatic heterocycles. The molecule has 0 saturated heterocycles. The Labute approximate surface area is 123 Å². The number of alkyl carbamates (subject to hydrolysis) is 1. The van der Waals surface area contributed by atoms with E-state index in [2.05, 4.69) is 5.32 Å². The van der Waals surface area contributed by atoms with E-state index in [0.717, 1.165) is 5.56 Å². The lowest BCUT2D eigenvalue weighted by molar-refractivity contribution is 0.141. The Bertz CT molecular complexity index is 611. The molecule has 1 amide bonds. The summed E-state index contributed by atoms with van der Waals surface area (Å²) in [4.78, 5) is 11.5. The molecule has 4 heteroatoms. The highest BCUT2D eigenvalue weighted by Crippen LogP contribution is 2.07. The number of rotatable bonds is 5. The Morgan fingerprint density at radius 1 is 1.10 bits per heavy atom. The van der Waals surface area contributed by atoms with Gasteiger partial charge in [-0.25, -0.2) is 9.18 Å². The van der Waals surface area contributed by atoms with E-state index >= 15 is 0 Å². The van der Waals surface area contributed by atoms with E-state index in [1.54, 1.807) is 30.4 Å². The summed E-state index contributed by atoms with van der Waals surface area (Å²) < 4.78 is 18.4. The molecule has 0 atom stereocenters. The number of hydrogen-bond acceptors (Lipinski definition) is 2. The molecule has 108 valence electrons. The molecule has 2 aromatic carbocycles. The topological polar surface area (TPSA) is 38.3 Å². The summed E-state index contributed by atoms with van der Waals surface area (Å²) in [5.74, 6) is -0.291. The van der Waals surface area contributed by atoms with Crippen LogP contribution >= 0.6 is 0 Å². The Morgan fingerprint density at radius 3 is 2.57 bits per heavy atom. The van der Waals surface area contributed by atoms with E-state index in [-0.39, 0.29) is 19.0 Å². The summed E-state index contributed by atoms with van der Waals surface area (Å²) in [6.45, 7) is 0.506. The summed E-state index contributed by atoms with van der Waals surface area (Å²) in [5, 5.41) is 2.57. The standard InChI is InChI=1S/C17H16FNO2/c18-16-11-5-4-9-15(16)10-6-12-19-17(20)21-13-14-7-2-1-3-8-14/h1-11H,12-13H2,(H,19,20). The number of carbonyl (C=O) groups excluding carboxylic acids is 1. The van der Waals surface area contributed by atoms with Crippen molar-refractivity contribution in [3.05, 3.63) is 77.6 Å².